The van der Waals surface area contributed by atoms with Gasteiger partial charge in [-0.1, -0.05) is 11.6 Å². The van der Waals surface area contributed by atoms with Crippen molar-refractivity contribution in [2.24, 2.45) is 4.99 Å². The number of imide groups is 1. The van der Waals surface area contributed by atoms with Gasteiger partial charge in [0.1, 0.15) is 6.04 Å². The summed E-state index contributed by atoms with van der Waals surface area (Å²) < 4.78 is 0. The Bertz CT molecular complexity index is 591. The van der Waals surface area contributed by atoms with E-state index in [9.17, 15) is 9.59 Å². The maximum Gasteiger partial charge on any atom is 0.249 e. The Morgan fingerprint density at radius 1 is 1.35 bits per heavy atom. The summed E-state index contributed by atoms with van der Waals surface area (Å²) in [6, 6.07) is 5.16. The molecule has 1 saturated heterocycles. The highest BCUT2D eigenvalue weighted by atomic mass is 79.9. The topological polar surface area (TPSA) is 61.8 Å². The number of hydrogen-bond donors (Lipinski definition) is 1. The van der Waals surface area contributed by atoms with Crippen LogP contribution in [0.25, 0.3) is 0 Å². The SMILES string of the molecule is Br.O=C1CCC(N2C=Nc3ccc(Cl)cc3C2)C(=O)N1. The van der Waals surface area contributed by atoms with Crippen molar-refractivity contribution in [3.8, 4) is 0 Å². The van der Waals surface area contributed by atoms with Gasteiger partial charge in [-0.15, -0.1) is 17.0 Å². The van der Waals surface area contributed by atoms with E-state index in [4.69, 9.17) is 11.6 Å². The number of fused-ring (bicyclic) bond motifs is 1. The van der Waals surface area contributed by atoms with Gasteiger partial charge in [-0.05, 0) is 30.2 Å². The third-order valence-electron chi connectivity index (χ3n) is 3.35. The summed E-state index contributed by atoms with van der Waals surface area (Å²) in [5, 5.41) is 3.01. The highest BCUT2D eigenvalue weighted by Gasteiger charge is 2.31. The van der Waals surface area contributed by atoms with E-state index in [0.717, 1.165) is 11.3 Å². The molecule has 3 rings (SSSR count). The first-order valence-electron chi connectivity index (χ1n) is 6.05. The number of rotatable bonds is 1. The molecule has 0 aliphatic carbocycles. The van der Waals surface area contributed by atoms with Crippen molar-refractivity contribution in [2.75, 3.05) is 0 Å². The van der Waals surface area contributed by atoms with E-state index in [1.807, 2.05) is 17.0 Å². The van der Waals surface area contributed by atoms with Gasteiger partial charge in [-0.2, -0.15) is 0 Å². The number of hydrogen-bond acceptors (Lipinski definition) is 4. The highest BCUT2D eigenvalue weighted by Crippen LogP contribution is 2.28. The van der Waals surface area contributed by atoms with Crippen LogP contribution in [0.1, 0.15) is 18.4 Å². The lowest BCUT2D eigenvalue weighted by Gasteiger charge is -2.33. The Hall–Kier alpha value is -1.40. The van der Waals surface area contributed by atoms with Crippen LogP contribution in [0, 0.1) is 0 Å². The van der Waals surface area contributed by atoms with E-state index in [0.29, 0.717) is 24.4 Å². The zero-order valence-corrected chi connectivity index (χ0v) is 13.0. The molecule has 2 aliphatic rings. The Kier molecular flexibility index (Phi) is 4.45. The monoisotopic (exact) mass is 357 g/mol. The minimum absolute atomic E-state index is 0. The van der Waals surface area contributed by atoms with Crippen LogP contribution < -0.4 is 5.32 Å². The Morgan fingerprint density at radius 2 is 2.15 bits per heavy atom. The summed E-state index contributed by atoms with van der Waals surface area (Å²) in [6.07, 6.45) is 2.55. The Balaban J connectivity index is 0.00000147. The van der Waals surface area contributed by atoms with E-state index in [1.54, 1.807) is 12.4 Å². The molecule has 0 bridgehead atoms. The maximum atomic E-state index is 11.8. The first-order chi connectivity index (χ1) is 9.13. The van der Waals surface area contributed by atoms with E-state index in [2.05, 4.69) is 10.3 Å². The number of piperidine rings is 1. The van der Waals surface area contributed by atoms with E-state index < -0.39 is 0 Å². The van der Waals surface area contributed by atoms with Gasteiger partial charge in [-0.25, -0.2) is 4.99 Å². The number of nitrogens with one attached hydrogen (secondary N) is 1. The summed E-state index contributed by atoms with van der Waals surface area (Å²) in [7, 11) is 0. The molecule has 1 fully saturated rings. The fraction of sp³-hybridized carbons (Fsp3) is 0.308. The molecule has 0 aromatic heterocycles. The van der Waals surface area contributed by atoms with Crippen molar-refractivity contribution in [2.45, 2.75) is 25.4 Å². The van der Waals surface area contributed by atoms with Crippen LogP contribution in [0.2, 0.25) is 5.02 Å². The normalized spacial score (nSPS) is 21.1. The van der Waals surface area contributed by atoms with Crippen molar-refractivity contribution < 1.29 is 9.59 Å². The van der Waals surface area contributed by atoms with Crippen molar-refractivity contribution in [3.63, 3.8) is 0 Å². The van der Waals surface area contributed by atoms with Gasteiger partial charge >= 0.3 is 0 Å². The van der Waals surface area contributed by atoms with Crippen LogP contribution in [0.3, 0.4) is 0 Å². The van der Waals surface area contributed by atoms with Gasteiger partial charge in [0.15, 0.2) is 0 Å². The number of halogens is 2. The van der Waals surface area contributed by atoms with E-state index in [-0.39, 0.29) is 34.8 Å². The maximum absolute atomic E-state index is 11.8. The Morgan fingerprint density at radius 3 is 2.90 bits per heavy atom. The quantitative estimate of drug-likeness (QED) is 0.783. The van der Waals surface area contributed by atoms with Gasteiger partial charge in [-0.3, -0.25) is 14.9 Å². The number of benzene rings is 1. The molecule has 7 heteroatoms. The smallest absolute Gasteiger partial charge is 0.249 e. The highest BCUT2D eigenvalue weighted by molar-refractivity contribution is 8.93. The van der Waals surface area contributed by atoms with Crippen molar-refractivity contribution in [3.05, 3.63) is 28.8 Å². The van der Waals surface area contributed by atoms with Crippen LogP contribution >= 0.6 is 28.6 Å². The van der Waals surface area contributed by atoms with Gasteiger partial charge < -0.3 is 4.90 Å². The van der Waals surface area contributed by atoms with E-state index >= 15 is 0 Å². The molecule has 0 spiro atoms. The van der Waals surface area contributed by atoms with Crippen LogP contribution in [-0.2, 0) is 16.1 Å². The predicted molar refractivity (Wildman–Crippen MR) is 81.6 cm³/mol. The summed E-state index contributed by atoms with van der Waals surface area (Å²) in [4.78, 5) is 29.1. The number of carbonyl (C=O) groups is 2. The number of carbonyl (C=O) groups excluding carboxylic acids is 2. The van der Waals surface area contributed by atoms with Gasteiger partial charge in [0.25, 0.3) is 0 Å². The lowest BCUT2D eigenvalue weighted by molar-refractivity contribution is -0.136. The van der Waals surface area contributed by atoms with Crippen LogP contribution in [0.5, 0.6) is 0 Å². The number of amides is 2. The zero-order valence-electron chi connectivity index (χ0n) is 10.5. The fourth-order valence-electron chi connectivity index (χ4n) is 2.37. The molecule has 2 aliphatic heterocycles. The first kappa shape index (κ1) is 15.0. The molecule has 2 amide bonds. The minimum Gasteiger partial charge on any atom is -0.346 e. The fourth-order valence-corrected chi connectivity index (χ4v) is 2.56. The molecule has 1 aromatic rings. The molecular weight excluding hydrogens is 346 g/mol. The first-order valence-corrected chi connectivity index (χ1v) is 6.43. The van der Waals surface area contributed by atoms with Gasteiger partial charge in [0.05, 0.1) is 12.0 Å². The standard InChI is InChI=1S/C13H12ClN3O2.BrH/c14-9-1-2-10-8(5-9)6-17(7-15-10)11-3-4-12(18)16-13(11)19;/h1-2,5,7,11H,3-4,6H2,(H,16,18,19);1H. The van der Waals surface area contributed by atoms with Gasteiger partial charge in [0.2, 0.25) is 11.8 Å². The van der Waals surface area contributed by atoms with Crippen LogP contribution in [0.15, 0.2) is 23.2 Å². The van der Waals surface area contributed by atoms with Crippen molar-refractivity contribution in [1.82, 2.24) is 10.2 Å². The molecule has 1 aromatic carbocycles. The third kappa shape index (κ3) is 2.86. The van der Waals surface area contributed by atoms with Crippen molar-refractivity contribution in [1.29, 1.82) is 0 Å². The molecule has 20 heavy (non-hydrogen) atoms. The average molecular weight is 359 g/mol. The average Bonchev–Trinajstić information content (AvgIpc) is 2.38. The molecule has 1 atom stereocenters. The summed E-state index contributed by atoms with van der Waals surface area (Å²) >= 11 is 5.96. The second-order valence-corrected chi connectivity index (χ2v) is 5.09. The molecule has 0 radical (unpaired) electrons. The summed E-state index contributed by atoms with van der Waals surface area (Å²) in [6.45, 7) is 0.575. The zero-order chi connectivity index (χ0) is 13.4. The molecule has 106 valence electrons. The summed E-state index contributed by atoms with van der Waals surface area (Å²) in [5.74, 6) is -0.466. The van der Waals surface area contributed by atoms with Crippen LogP contribution in [-0.4, -0.2) is 29.1 Å². The molecule has 2 heterocycles. The predicted octanol–water partition coefficient (Wildman–Crippen LogP) is 2.20. The van der Waals surface area contributed by atoms with Crippen molar-refractivity contribution >= 4 is 52.4 Å². The second kappa shape index (κ2) is 5.93. The molecular formula is C13H13BrClN3O2. The second-order valence-electron chi connectivity index (χ2n) is 4.66. The number of aliphatic imine (C=N–C) groups is 1. The molecule has 5 nitrogen and oxygen atoms in total. The molecule has 1 unspecified atom stereocenters. The van der Waals surface area contributed by atoms with Gasteiger partial charge in [0, 0.05) is 18.0 Å². The van der Waals surface area contributed by atoms with Crippen LogP contribution in [0.4, 0.5) is 5.69 Å². The third-order valence-corrected chi connectivity index (χ3v) is 3.59. The van der Waals surface area contributed by atoms with E-state index in [1.165, 1.54) is 0 Å². The minimum atomic E-state index is -0.339. The number of nitrogens with zero attached hydrogens (tertiary/aromatic N) is 2. The Labute approximate surface area is 131 Å². The summed E-state index contributed by atoms with van der Waals surface area (Å²) in [5.41, 5.74) is 1.85. The largest absolute Gasteiger partial charge is 0.346 e. The molecule has 0 saturated carbocycles. The lowest BCUT2D eigenvalue weighted by Crippen LogP contribution is -2.52. The lowest BCUT2D eigenvalue weighted by atomic mass is 10.0. The molecule has 1 N–H and O–H groups in total.